The molecule has 2 fully saturated rings. The molecule has 3 atom stereocenters. The van der Waals surface area contributed by atoms with E-state index in [4.69, 9.17) is 0 Å². The van der Waals surface area contributed by atoms with Crippen LogP contribution in [0.5, 0.6) is 0 Å². The van der Waals surface area contributed by atoms with Crippen LogP contribution in [0.4, 0.5) is 0 Å². The average Bonchev–Trinajstić information content (AvgIpc) is 2.88. The Morgan fingerprint density at radius 2 is 1.64 bits per heavy atom. The fourth-order valence-electron chi connectivity index (χ4n) is 5.89. The Hall–Kier alpha value is -2.65. The number of amides is 1. The standard InChI is InChI=1S/C30H36N2O/c1-22(28-14-8-10-24-9-3-4-13-29(24)28)31-27-12-7-11-26(21-27)23-15-17-25(18-16-23)30(33)32-19-5-2-6-20-32/h3-4,8-10,13-18,22,26-27,31H,2,5-7,11-12,19-21H2,1H3/t22-,26?,27?/m1/s1. The molecule has 5 rings (SSSR count). The molecule has 0 aromatic heterocycles. The number of fused-ring (bicyclic) bond motifs is 1. The van der Waals surface area contributed by atoms with E-state index in [1.54, 1.807) is 0 Å². The van der Waals surface area contributed by atoms with Gasteiger partial charge in [0, 0.05) is 30.7 Å². The van der Waals surface area contributed by atoms with Crippen LogP contribution in [0.15, 0.2) is 66.7 Å². The van der Waals surface area contributed by atoms with Crippen LogP contribution in [0.3, 0.4) is 0 Å². The first-order valence-corrected chi connectivity index (χ1v) is 12.8. The van der Waals surface area contributed by atoms with Crippen molar-refractivity contribution >= 4 is 16.7 Å². The normalized spacial score (nSPS) is 22.3. The molecule has 1 saturated carbocycles. The highest BCUT2D eigenvalue weighted by atomic mass is 16.2. The van der Waals surface area contributed by atoms with Gasteiger partial charge in [0.25, 0.3) is 5.91 Å². The maximum atomic E-state index is 12.8. The summed E-state index contributed by atoms with van der Waals surface area (Å²) < 4.78 is 0. The Balaban J connectivity index is 1.23. The third-order valence-corrected chi connectivity index (χ3v) is 7.72. The number of nitrogens with one attached hydrogen (secondary N) is 1. The van der Waals surface area contributed by atoms with Crippen molar-refractivity contribution < 1.29 is 4.79 Å². The monoisotopic (exact) mass is 440 g/mol. The first-order valence-electron chi connectivity index (χ1n) is 12.8. The third kappa shape index (κ3) is 4.99. The minimum Gasteiger partial charge on any atom is -0.339 e. The number of carbonyl (C=O) groups excluding carboxylic acids is 1. The highest BCUT2D eigenvalue weighted by Crippen LogP contribution is 2.35. The molecule has 1 amide bonds. The lowest BCUT2D eigenvalue weighted by atomic mass is 9.80. The Bertz CT molecular complexity index is 1080. The lowest BCUT2D eigenvalue weighted by molar-refractivity contribution is 0.0724. The summed E-state index contributed by atoms with van der Waals surface area (Å²) >= 11 is 0. The van der Waals surface area contributed by atoms with Gasteiger partial charge in [-0.2, -0.15) is 0 Å². The highest BCUT2D eigenvalue weighted by molar-refractivity contribution is 5.94. The van der Waals surface area contributed by atoms with Crippen molar-refractivity contribution in [2.45, 2.75) is 69.9 Å². The van der Waals surface area contributed by atoms with Crippen LogP contribution in [-0.4, -0.2) is 29.9 Å². The van der Waals surface area contributed by atoms with Crippen molar-refractivity contribution in [1.82, 2.24) is 10.2 Å². The molecule has 3 aromatic rings. The molecule has 2 aliphatic rings. The molecule has 1 saturated heterocycles. The molecule has 0 radical (unpaired) electrons. The Kier molecular flexibility index (Phi) is 6.78. The van der Waals surface area contributed by atoms with Crippen molar-refractivity contribution in [1.29, 1.82) is 0 Å². The van der Waals surface area contributed by atoms with Gasteiger partial charge >= 0.3 is 0 Å². The number of carbonyl (C=O) groups is 1. The molecular formula is C30H36N2O. The second kappa shape index (κ2) is 10.1. The van der Waals surface area contributed by atoms with Gasteiger partial charge in [-0.15, -0.1) is 0 Å². The Labute approximate surface area is 198 Å². The van der Waals surface area contributed by atoms with Gasteiger partial charge in [-0.3, -0.25) is 4.79 Å². The molecule has 1 aliphatic heterocycles. The summed E-state index contributed by atoms with van der Waals surface area (Å²) in [7, 11) is 0. The van der Waals surface area contributed by atoms with E-state index in [9.17, 15) is 4.79 Å². The number of hydrogen-bond donors (Lipinski definition) is 1. The number of piperidine rings is 1. The predicted molar refractivity (Wildman–Crippen MR) is 137 cm³/mol. The van der Waals surface area contributed by atoms with E-state index < -0.39 is 0 Å². The summed E-state index contributed by atoms with van der Waals surface area (Å²) in [5, 5.41) is 6.60. The summed E-state index contributed by atoms with van der Waals surface area (Å²) in [6.45, 7) is 4.11. The van der Waals surface area contributed by atoms with Crippen molar-refractivity contribution in [3.8, 4) is 0 Å². The van der Waals surface area contributed by atoms with Gasteiger partial charge in [0.1, 0.15) is 0 Å². The quantitative estimate of drug-likeness (QED) is 0.471. The number of benzene rings is 3. The summed E-state index contributed by atoms with van der Waals surface area (Å²) in [5.74, 6) is 0.767. The van der Waals surface area contributed by atoms with Crippen LogP contribution in [0.25, 0.3) is 10.8 Å². The zero-order chi connectivity index (χ0) is 22.6. The first kappa shape index (κ1) is 22.2. The number of hydrogen-bond acceptors (Lipinski definition) is 2. The van der Waals surface area contributed by atoms with Gasteiger partial charge in [0.15, 0.2) is 0 Å². The summed E-state index contributed by atoms with van der Waals surface area (Å²) in [6.07, 6.45) is 8.40. The highest BCUT2D eigenvalue weighted by Gasteiger charge is 2.25. The summed E-state index contributed by atoms with van der Waals surface area (Å²) in [4.78, 5) is 14.8. The van der Waals surface area contributed by atoms with E-state index in [-0.39, 0.29) is 5.91 Å². The Morgan fingerprint density at radius 3 is 2.45 bits per heavy atom. The van der Waals surface area contributed by atoms with E-state index in [1.165, 1.54) is 47.6 Å². The second-order valence-corrected chi connectivity index (χ2v) is 9.99. The molecule has 1 heterocycles. The van der Waals surface area contributed by atoms with Crippen LogP contribution >= 0.6 is 0 Å². The van der Waals surface area contributed by atoms with E-state index in [0.29, 0.717) is 18.0 Å². The SMILES string of the molecule is C[C@@H](NC1CCCC(c2ccc(C(=O)N3CCCCC3)cc2)C1)c1cccc2ccccc12. The molecule has 172 valence electrons. The molecule has 3 nitrogen and oxygen atoms in total. The molecule has 1 N–H and O–H groups in total. The third-order valence-electron chi connectivity index (χ3n) is 7.72. The molecule has 0 spiro atoms. The lowest BCUT2D eigenvalue weighted by Crippen LogP contribution is -2.36. The average molecular weight is 441 g/mol. The van der Waals surface area contributed by atoms with Gasteiger partial charge in [0.2, 0.25) is 0 Å². The van der Waals surface area contributed by atoms with Gasteiger partial charge in [-0.05, 0) is 85.4 Å². The molecule has 33 heavy (non-hydrogen) atoms. The topological polar surface area (TPSA) is 32.3 Å². The fraction of sp³-hybridized carbons (Fsp3) is 0.433. The maximum Gasteiger partial charge on any atom is 0.253 e. The van der Waals surface area contributed by atoms with Crippen molar-refractivity contribution in [3.05, 3.63) is 83.4 Å². The van der Waals surface area contributed by atoms with Gasteiger partial charge < -0.3 is 10.2 Å². The maximum absolute atomic E-state index is 12.8. The smallest absolute Gasteiger partial charge is 0.253 e. The predicted octanol–water partition coefficient (Wildman–Crippen LogP) is 6.84. The molecule has 0 bridgehead atoms. The van der Waals surface area contributed by atoms with Crippen molar-refractivity contribution in [2.24, 2.45) is 0 Å². The molecule has 1 aliphatic carbocycles. The second-order valence-electron chi connectivity index (χ2n) is 9.99. The zero-order valence-corrected chi connectivity index (χ0v) is 19.8. The van der Waals surface area contributed by atoms with Crippen LogP contribution in [0.1, 0.15) is 85.3 Å². The Morgan fingerprint density at radius 1 is 0.879 bits per heavy atom. The molecule has 3 aromatic carbocycles. The van der Waals surface area contributed by atoms with Gasteiger partial charge in [-0.1, -0.05) is 61.0 Å². The molecule has 2 unspecified atom stereocenters. The van der Waals surface area contributed by atoms with E-state index in [0.717, 1.165) is 37.9 Å². The summed E-state index contributed by atoms with van der Waals surface area (Å²) in [5.41, 5.74) is 3.61. The van der Waals surface area contributed by atoms with E-state index in [1.807, 2.05) is 4.90 Å². The number of likely N-dealkylation sites (tertiary alicyclic amines) is 1. The number of nitrogens with zero attached hydrogens (tertiary/aromatic N) is 1. The van der Waals surface area contributed by atoms with Crippen molar-refractivity contribution in [3.63, 3.8) is 0 Å². The van der Waals surface area contributed by atoms with E-state index in [2.05, 4.69) is 79.0 Å². The fourth-order valence-corrected chi connectivity index (χ4v) is 5.89. The van der Waals surface area contributed by atoms with Crippen LogP contribution < -0.4 is 5.32 Å². The first-order chi connectivity index (χ1) is 16.2. The largest absolute Gasteiger partial charge is 0.339 e. The molecule has 3 heteroatoms. The van der Waals surface area contributed by atoms with Gasteiger partial charge in [-0.25, -0.2) is 0 Å². The minimum absolute atomic E-state index is 0.202. The minimum atomic E-state index is 0.202. The van der Waals surface area contributed by atoms with Gasteiger partial charge in [0.05, 0.1) is 0 Å². The number of rotatable bonds is 5. The zero-order valence-electron chi connectivity index (χ0n) is 19.8. The van der Waals surface area contributed by atoms with Crippen LogP contribution in [0, 0.1) is 0 Å². The lowest BCUT2D eigenvalue weighted by Gasteiger charge is -2.33. The molecular weight excluding hydrogens is 404 g/mol. The van der Waals surface area contributed by atoms with E-state index >= 15 is 0 Å². The van der Waals surface area contributed by atoms with Crippen LogP contribution in [-0.2, 0) is 0 Å². The van der Waals surface area contributed by atoms with Crippen LogP contribution in [0.2, 0.25) is 0 Å². The summed E-state index contributed by atoms with van der Waals surface area (Å²) in [6, 6.07) is 24.7. The van der Waals surface area contributed by atoms with Crippen molar-refractivity contribution in [2.75, 3.05) is 13.1 Å².